The normalized spacial score (nSPS) is 14.9. The molecule has 0 aromatic rings. The van der Waals surface area contributed by atoms with Crippen LogP contribution in [-0.2, 0) is 19.2 Å². The van der Waals surface area contributed by atoms with E-state index in [4.69, 9.17) is 9.57 Å². The molecule has 0 unspecified atom stereocenters. The van der Waals surface area contributed by atoms with Crippen molar-refractivity contribution >= 4 is 17.9 Å². The van der Waals surface area contributed by atoms with E-state index in [1.807, 2.05) is 27.7 Å². The number of carbonyl (C=O) groups is 3. The van der Waals surface area contributed by atoms with Gasteiger partial charge in [0, 0.05) is 7.05 Å². The summed E-state index contributed by atoms with van der Waals surface area (Å²) >= 11 is 0. The highest BCUT2D eigenvalue weighted by Gasteiger charge is 2.32. The molecule has 0 bridgehead atoms. The van der Waals surface area contributed by atoms with Crippen molar-refractivity contribution in [2.45, 2.75) is 79.0 Å². The molecule has 0 aliphatic heterocycles. The van der Waals surface area contributed by atoms with E-state index in [0.717, 1.165) is 5.06 Å². The molecule has 0 aromatic heterocycles. The third-order valence-electron chi connectivity index (χ3n) is 4.08. The number of nitrogens with one attached hydrogen (secondary N) is 2. The fraction of sp³-hybridized carbons (Fsp3) is 0.842. The molecule has 0 radical (unpaired) electrons. The second-order valence-corrected chi connectivity index (χ2v) is 8.22. The number of hydroxylamine groups is 2. The molecule has 158 valence electrons. The quantitative estimate of drug-likeness (QED) is 0.593. The number of rotatable bonds is 9. The molecule has 0 saturated heterocycles. The van der Waals surface area contributed by atoms with E-state index in [0.29, 0.717) is 12.8 Å². The zero-order valence-electron chi connectivity index (χ0n) is 18.2. The highest BCUT2D eigenvalue weighted by molar-refractivity contribution is 5.91. The minimum Gasteiger partial charge on any atom is -0.444 e. The molecular formula is C19H37N3O5. The number of nitrogens with zero attached hydrogens (tertiary/aromatic N) is 1. The number of likely N-dealkylation sites (N-methyl/N-ethyl adjacent to an activating group) is 1. The highest BCUT2D eigenvalue weighted by atomic mass is 16.7. The van der Waals surface area contributed by atoms with Crippen LogP contribution in [0.1, 0.15) is 61.3 Å². The van der Waals surface area contributed by atoms with Gasteiger partial charge in [-0.1, -0.05) is 34.1 Å². The Morgan fingerprint density at radius 3 is 2.04 bits per heavy atom. The van der Waals surface area contributed by atoms with Crippen LogP contribution in [-0.4, -0.2) is 54.8 Å². The van der Waals surface area contributed by atoms with E-state index in [2.05, 4.69) is 10.6 Å². The molecule has 0 rings (SSSR count). The molecule has 3 atom stereocenters. The molecule has 0 spiro atoms. The molecule has 0 fully saturated rings. The summed E-state index contributed by atoms with van der Waals surface area (Å²) in [6.07, 6.45) is 0.457. The summed E-state index contributed by atoms with van der Waals surface area (Å²) in [6, 6.07) is -1.55. The van der Waals surface area contributed by atoms with Crippen LogP contribution in [0.25, 0.3) is 0 Å². The van der Waals surface area contributed by atoms with E-state index >= 15 is 0 Å². The SMILES string of the molecule is CC[C@H](C)[C@H](NC(=O)[C@H](CC(C)C)NC(=O)OC(C)(C)C)C(=O)N(C)OC. The molecule has 0 aliphatic carbocycles. The topological polar surface area (TPSA) is 97.0 Å². The Labute approximate surface area is 163 Å². The first-order valence-corrected chi connectivity index (χ1v) is 9.43. The Morgan fingerprint density at radius 1 is 1.07 bits per heavy atom. The van der Waals surface area contributed by atoms with Crippen LogP contribution in [0.5, 0.6) is 0 Å². The van der Waals surface area contributed by atoms with Crippen molar-refractivity contribution < 1.29 is 24.0 Å². The fourth-order valence-electron chi connectivity index (χ4n) is 2.38. The summed E-state index contributed by atoms with van der Waals surface area (Å²) in [4.78, 5) is 42.4. The van der Waals surface area contributed by atoms with Crippen molar-refractivity contribution in [1.29, 1.82) is 0 Å². The van der Waals surface area contributed by atoms with Crippen molar-refractivity contribution in [3.63, 3.8) is 0 Å². The number of amides is 3. The fourth-order valence-corrected chi connectivity index (χ4v) is 2.38. The van der Waals surface area contributed by atoms with Gasteiger partial charge in [-0.25, -0.2) is 9.86 Å². The highest BCUT2D eigenvalue weighted by Crippen LogP contribution is 2.13. The van der Waals surface area contributed by atoms with Crippen molar-refractivity contribution in [2.24, 2.45) is 11.8 Å². The lowest BCUT2D eigenvalue weighted by molar-refractivity contribution is -0.173. The largest absolute Gasteiger partial charge is 0.444 e. The van der Waals surface area contributed by atoms with Gasteiger partial charge in [-0.2, -0.15) is 0 Å². The van der Waals surface area contributed by atoms with E-state index in [-0.39, 0.29) is 17.7 Å². The summed E-state index contributed by atoms with van der Waals surface area (Å²) in [5.74, 6) is -0.700. The van der Waals surface area contributed by atoms with Crippen molar-refractivity contribution in [1.82, 2.24) is 15.7 Å². The van der Waals surface area contributed by atoms with E-state index < -0.39 is 29.7 Å². The van der Waals surface area contributed by atoms with Crippen molar-refractivity contribution in [3.8, 4) is 0 Å². The van der Waals surface area contributed by atoms with Gasteiger partial charge in [-0.15, -0.1) is 0 Å². The monoisotopic (exact) mass is 387 g/mol. The molecule has 3 amide bonds. The Bertz CT molecular complexity index is 502. The Kier molecular flexibility index (Phi) is 10.4. The predicted octanol–water partition coefficient (Wildman–Crippen LogP) is 2.48. The molecule has 0 aliphatic rings. The number of alkyl carbamates (subject to hydrolysis) is 1. The minimum atomic E-state index is -0.799. The van der Waals surface area contributed by atoms with Crippen molar-refractivity contribution in [3.05, 3.63) is 0 Å². The van der Waals surface area contributed by atoms with Crippen molar-refractivity contribution in [2.75, 3.05) is 14.2 Å². The predicted molar refractivity (Wildman–Crippen MR) is 104 cm³/mol. The van der Waals surface area contributed by atoms with Crippen LogP contribution in [0.4, 0.5) is 4.79 Å². The van der Waals surface area contributed by atoms with Gasteiger partial charge >= 0.3 is 6.09 Å². The maximum Gasteiger partial charge on any atom is 0.408 e. The zero-order chi connectivity index (χ0) is 21.4. The average molecular weight is 388 g/mol. The van der Waals surface area contributed by atoms with Crippen LogP contribution in [0.15, 0.2) is 0 Å². The number of hydrogen-bond donors (Lipinski definition) is 2. The van der Waals surface area contributed by atoms with E-state index in [9.17, 15) is 14.4 Å². The lowest BCUT2D eigenvalue weighted by Crippen LogP contribution is -2.56. The number of carbonyl (C=O) groups excluding carboxylic acids is 3. The zero-order valence-corrected chi connectivity index (χ0v) is 18.2. The van der Waals surface area contributed by atoms with Gasteiger partial charge in [-0.05, 0) is 39.0 Å². The van der Waals surface area contributed by atoms with Crippen LogP contribution in [0.3, 0.4) is 0 Å². The van der Waals surface area contributed by atoms with Crippen LogP contribution >= 0.6 is 0 Å². The second kappa shape index (κ2) is 11.1. The minimum absolute atomic E-state index is 0.0970. The molecule has 0 saturated carbocycles. The Balaban J connectivity index is 5.32. The molecule has 0 heterocycles. The van der Waals surface area contributed by atoms with Gasteiger partial charge < -0.3 is 15.4 Å². The first-order valence-electron chi connectivity index (χ1n) is 9.43. The van der Waals surface area contributed by atoms with Gasteiger partial charge in [0.15, 0.2) is 0 Å². The summed E-state index contributed by atoms with van der Waals surface area (Å²) in [6.45, 7) is 13.0. The van der Waals surface area contributed by atoms with Crippen LogP contribution in [0, 0.1) is 11.8 Å². The maximum atomic E-state index is 12.8. The van der Waals surface area contributed by atoms with Gasteiger partial charge in [0.1, 0.15) is 17.7 Å². The summed E-state index contributed by atoms with van der Waals surface area (Å²) in [5, 5.41) is 6.49. The van der Waals surface area contributed by atoms with Crippen LogP contribution < -0.4 is 10.6 Å². The molecule has 27 heavy (non-hydrogen) atoms. The summed E-state index contributed by atoms with van der Waals surface area (Å²) in [5.41, 5.74) is -0.667. The molecule has 0 aromatic carbocycles. The summed E-state index contributed by atoms with van der Waals surface area (Å²) < 4.78 is 5.25. The van der Waals surface area contributed by atoms with Gasteiger partial charge in [0.25, 0.3) is 5.91 Å². The van der Waals surface area contributed by atoms with Gasteiger partial charge in [0.2, 0.25) is 5.91 Å². The number of ether oxygens (including phenoxy) is 1. The average Bonchev–Trinajstić information content (AvgIpc) is 2.54. The first kappa shape index (κ1) is 25.2. The third-order valence-corrected chi connectivity index (χ3v) is 4.08. The van der Waals surface area contributed by atoms with Gasteiger partial charge in [0.05, 0.1) is 7.11 Å². The van der Waals surface area contributed by atoms with E-state index in [1.165, 1.54) is 14.2 Å². The Morgan fingerprint density at radius 2 is 1.63 bits per heavy atom. The molecular weight excluding hydrogens is 350 g/mol. The second-order valence-electron chi connectivity index (χ2n) is 8.22. The maximum absolute atomic E-state index is 12.8. The summed E-state index contributed by atoms with van der Waals surface area (Å²) in [7, 11) is 2.88. The van der Waals surface area contributed by atoms with Gasteiger partial charge in [-0.3, -0.25) is 14.4 Å². The van der Waals surface area contributed by atoms with E-state index in [1.54, 1.807) is 20.8 Å². The molecule has 8 heteroatoms. The lowest BCUT2D eigenvalue weighted by Gasteiger charge is -2.29. The van der Waals surface area contributed by atoms with Crippen LogP contribution in [0.2, 0.25) is 0 Å². The smallest absolute Gasteiger partial charge is 0.408 e. The lowest BCUT2D eigenvalue weighted by atomic mass is 9.96. The third kappa shape index (κ3) is 9.60. The standard InChI is InChI=1S/C19H37N3O5/c1-10-13(4)15(17(24)22(8)26-9)21-16(23)14(11-12(2)3)20-18(25)27-19(5,6)7/h12-15H,10-11H2,1-9H3,(H,20,25)(H,21,23)/t13-,14-,15-/m0/s1. The molecule has 2 N–H and O–H groups in total. The molecule has 8 nitrogen and oxygen atoms in total. The first-order chi connectivity index (χ1) is 12.3. The number of hydrogen-bond acceptors (Lipinski definition) is 5. The Hall–Kier alpha value is -1.83.